The van der Waals surface area contributed by atoms with Crippen molar-refractivity contribution < 1.29 is 0 Å². The molecule has 0 saturated carbocycles. The van der Waals surface area contributed by atoms with Crippen LogP contribution in [0.4, 0.5) is 0 Å². The molecule has 0 aliphatic carbocycles. The predicted molar refractivity (Wildman–Crippen MR) is 73.3 cm³/mol. The van der Waals surface area contributed by atoms with E-state index in [-0.39, 0.29) is 0 Å². The van der Waals surface area contributed by atoms with Gasteiger partial charge in [-0.1, -0.05) is 29.8 Å². The molecule has 3 heteroatoms. The molecule has 2 aromatic rings. The Morgan fingerprint density at radius 2 is 1.94 bits per heavy atom. The van der Waals surface area contributed by atoms with Crippen molar-refractivity contribution in [2.45, 2.75) is 33.4 Å². The van der Waals surface area contributed by atoms with Crippen molar-refractivity contribution in [3.05, 3.63) is 51.5 Å². The second kappa shape index (κ2) is 5.43. The van der Waals surface area contributed by atoms with Crippen LogP contribution >= 0.6 is 11.3 Å². The molecular formula is C14H18N2S. The summed E-state index contributed by atoms with van der Waals surface area (Å²) in [7, 11) is 0. The minimum Gasteiger partial charge on any atom is -0.304 e. The van der Waals surface area contributed by atoms with Crippen LogP contribution in [0.25, 0.3) is 0 Å². The monoisotopic (exact) mass is 246 g/mol. The number of rotatable bonds is 4. The van der Waals surface area contributed by atoms with Crippen LogP contribution in [0.3, 0.4) is 0 Å². The molecule has 0 saturated heterocycles. The molecule has 2 nitrogen and oxygen atoms in total. The summed E-state index contributed by atoms with van der Waals surface area (Å²) in [4.78, 5) is 4.49. The standard InChI is InChI=1S/C14H18N2S/c1-10-4-6-13(7-5-10)8-15-12(3)14-16-11(2)9-17-14/h4-7,9,12,15H,8H2,1-3H3. The Hall–Kier alpha value is -1.19. The zero-order valence-corrected chi connectivity index (χ0v) is 11.3. The van der Waals surface area contributed by atoms with E-state index in [1.165, 1.54) is 11.1 Å². The largest absolute Gasteiger partial charge is 0.304 e. The highest BCUT2D eigenvalue weighted by atomic mass is 32.1. The molecule has 1 unspecified atom stereocenters. The summed E-state index contributed by atoms with van der Waals surface area (Å²) < 4.78 is 0. The van der Waals surface area contributed by atoms with Gasteiger partial charge in [-0.3, -0.25) is 0 Å². The number of nitrogens with one attached hydrogen (secondary N) is 1. The third kappa shape index (κ3) is 3.38. The Bertz CT molecular complexity index is 473. The second-order valence-electron chi connectivity index (χ2n) is 4.42. The first kappa shape index (κ1) is 12.3. The van der Waals surface area contributed by atoms with Gasteiger partial charge in [0.25, 0.3) is 0 Å². The lowest BCUT2D eigenvalue weighted by molar-refractivity contribution is 0.571. The maximum Gasteiger partial charge on any atom is 0.110 e. The molecule has 2 rings (SSSR count). The van der Waals surface area contributed by atoms with Crippen LogP contribution in [0, 0.1) is 13.8 Å². The van der Waals surface area contributed by atoms with E-state index in [4.69, 9.17) is 0 Å². The highest BCUT2D eigenvalue weighted by Gasteiger charge is 2.08. The first-order valence-corrected chi connectivity index (χ1v) is 6.74. The summed E-state index contributed by atoms with van der Waals surface area (Å²) in [5.74, 6) is 0. The molecule has 1 heterocycles. The van der Waals surface area contributed by atoms with Gasteiger partial charge in [-0.05, 0) is 26.3 Å². The molecule has 1 atom stereocenters. The maximum absolute atomic E-state index is 4.49. The molecule has 0 aliphatic rings. The number of thiazole rings is 1. The van der Waals surface area contributed by atoms with Crippen LogP contribution < -0.4 is 5.32 Å². The van der Waals surface area contributed by atoms with Crippen molar-refractivity contribution in [2.24, 2.45) is 0 Å². The molecule has 0 bridgehead atoms. The summed E-state index contributed by atoms with van der Waals surface area (Å²) in [6.07, 6.45) is 0. The molecule has 1 N–H and O–H groups in total. The summed E-state index contributed by atoms with van der Waals surface area (Å²) in [6, 6.07) is 8.95. The van der Waals surface area contributed by atoms with Crippen LogP contribution in [0.15, 0.2) is 29.6 Å². The molecule has 90 valence electrons. The molecular weight excluding hydrogens is 228 g/mol. The Morgan fingerprint density at radius 3 is 2.53 bits per heavy atom. The SMILES string of the molecule is Cc1ccc(CNC(C)c2nc(C)cs2)cc1. The van der Waals surface area contributed by atoms with Crippen molar-refractivity contribution >= 4 is 11.3 Å². The van der Waals surface area contributed by atoms with Gasteiger partial charge in [-0.2, -0.15) is 0 Å². The Morgan fingerprint density at radius 1 is 1.24 bits per heavy atom. The normalized spacial score (nSPS) is 12.6. The van der Waals surface area contributed by atoms with E-state index in [1.807, 2.05) is 6.92 Å². The van der Waals surface area contributed by atoms with Gasteiger partial charge in [0.05, 0.1) is 6.04 Å². The van der Waals surface area contributed by atoms with Crippen molar-refractivity contribution in [1.29, 1.82) is 0 Å². The van der Waals surface area contributed by atoms with E-state index in [9.17, 15) is 0 Å². The van der Waals surface area contributed by atoms with Gasteiger partial charge in [0, 0.05) is 17.6 Å². The average Bonchev–Trinajstić information content (AvgIpc) is 2.75. The van der Waals surface area contributed by atoms with Crippen LogP contribution in [-0.2, 0) is 6.54 Å². The van der Waals surface area contributed by atoms with E-state index >= 15 is 0 Å². The first-order chi connectivity index (χ1) is 8.15. The van der Waals surface area contributed by atoms with Gasteiger partial charge in [0.2, 0.25) is 0 Å². The van der Waals surface area contributed by atoms with Gasteiger partial charge in [0.1, 0.15) is 5.01 Å². The van der Waals surface area contributed by atoms with Crippen LogP contribution in [0.2, 0.25) is 0 Å². The maximum atomic E-state index is 4.49. The van der Waals surface area contributed by atoms with Crippen molar-refractivity contribution in [1.82, 2.24) is 10.3 Å². The van der Waals surface area contributed by atoms with Crippen molar-refractivity contribution in [3.8, 4) is 0 Å². The third-order valence-corrected chi connectivity index (χ3v) is 3.89. The van der Waals surface area contributed by atoms with Gasteiger partial charge in [0.15, 0.2) is 0 Å². The van der Waals surface area contributed by atoms with Crippen LogP contribution in [0.1, 0.15) is 34.8 Å². The zero-order chi connectivity index (χ0) is 12.3. The molecule has 0 fully saturated rings. The van der Waals surface area contributed by atoms with Gasteiger partial charge in [-0.25, -0.2) is 4.98 Å². The fourth-order valence-electron chi connectivity index (χ4n) is 1.64. The highest BCUT2D eigenvalue weighted by Crippen LogP contribution is 2.17. The Kier molecular flexibility index (Phi) is 3.92. The minimum absolute atomic E-state index is 0.315. The molecule has 1 aromatic heterocycles. The lowest BCUT2D eigenvalue weighted by Crippen LogP contribution is -2.17. The number of hydrogen-bond donors (Lipinski definition) is 1. The first-order valence-electron chi connectivity index (χ1n) is 5.86. The summed E-state index contributed by atoms with van der Waals surface area (Å²) in [5.41, 5.74) is 3.72. The zero-order valence-electron chi connectivity index (χ0n) is 10.5. The molecule has 0 aliphatic heterocycles. The van der Waals surface area contributed by atoms with E-state index in [0.29, 0.717) is 6.04 Å². The van der Waals surface area contributed by atoms with E-state index < -0.39 is 0 Å². The average molecular weight is 246 g/mol. The van der Waals surface area contributed by atoms with E-state index in [0.717, 1.165) is 17.2 Å². The highest BCUT2D eigenvalue weighted by molar-refractivity contribution is 7.09. The molecule has 1 aromatic carbocycles. The Balaban J connectivity index is 1.92. The number of nitrogens with zero attached hydrogens (tertiary/aromatic N) is 1. The van der Waals surface area contributed by atoms with E-state index in [2.05, 4.69) is 53.8 Å². The number of benzene rings is 1. The van der Waals surface area contributed by atoms with Gasteiger partial charge >= 0.3 is 0 Å². The van der Waals surface area contributed by atoms with Crippen molar-refractivity contribution in [2.75, 3.05) is 0 Å². The number of hydrogen-bond acceptors (Lipinski definition) is 3. The quantitative estimate of drug-likeness (QED) is 0.891. The lowest BCUT2D eigenvalue weighted by Gasteiger charge is -2.11. The molecule has 0 radical (unpaired) electrons. The molecule has 17 heavy (non-hydrogen) atoms. The van der Waals surface area contributed by atoms with Crippen molar-refractivity contribution in [3.63, 3.8) is 0 Å². The Labute approximate surface area is 107 Å². The summed E-state index contributed by atoms with van der Waals surface area (Å²) in [6.45, 7) is 7.19. The fraction of sp³-hybridized carbons (Fsp3) is 0.357. The van der Waals surface area contributed by atoms with Gasteiger partial charge in [-0.15, -0.1) is 11.3 Å². The van der Waals surface area contributed by atoms with E-state index in [1.54, 1.807) is 11.3 Å². The minimum atomic E-state index is 0.315. The number of aromatic nitrogens is 1. The van der Waals surface area contributed by atoms with Gasteiger partial charge < -0.3 is 5.32 Å². The molecule has 0 amide bonds. The smallest absolute Gasteiger partial charge is 0.110 e. The predicted octanol–water partition coefficient (Wildman–Crippen LogP) is 3.61. The summed E-state index contributed by atoms with van der Waals surface area (Å²) >= 11 is 1.72. The number of aryl methyl sites for hydroxylation is 2. The van der Waals surface area contributed by atoms with Crippen LogP contribution in [0.5, 0.6) is 0 Å². The lowest BCUT2D eigenvalue weighted by atomic mass is 10.1. The topological polar surface area (TPSA) is 24.9 Å². The summed E-state index contributed by atoms with van der Waals surface area (Å²) in [5, 5.41) is 6.75. The fourth-order valence-corrected chi connectivity index (χ4v) is 2.46. The molecule has 0 spiro atoms. The second-order valence-corrected chi connectivity index (χ2v) is 5.30. The third-order valence-electron chi connectivity index (χ3n) is 2.74. The van der Waals surface area contributed by atoms with Crippen LogP contribution in [-0.4, -0.2) is 4.98 Å².